The number of ether oxygens (including phenoxy) is 1. The minimum Gasteiger partial charge on any atom is -0.487 e. The van der Waals surface area contributed by atoms with Crippen LogP contribution in [0.25, 0.3) is 0 Å². The summed E-state index contributed by atoms with van der Waals surface area (Å²) in [6, 6.07) is 9.24. The normalized spacial score (nSPS) is 19.1. The molecular formula is C18H24N4O2. The van der Waals surface area contributed by atoms with Gasteiger partial charge in [0.05, 0.1) is 6.20 Å². The second-order valence-electron chi connectivity index (χ2n) is 6.50. The standard InChI is InChI=1S/C18H24N4O2/c1-14-7-6-10-21(11-14)18(23)15(2)22-12-16(19-20-22)13-24-17-8-4-3-5-9-17/h3-5,8-9,12,14-15H,6-7,10-11,13H2,1-2H3/t14-,15+/m1/s1. The Hall–Kier alpha value is -2.37. The van der Waals surface area contributed by atoms with Crippen molar-refractivity contribution >= 4 is 5.91 Å². The molecule has 1 amide bonds. The van der Waals surface area contributed by atoms with Crippen molar-refractivity contribution in [2.45, 2.75) is 39.3 Å². The predicted molar refractivity (Wildman–Crippen MR) is 90.5 cm³/mol. The smallest absolute Gasteiger partial charge is 0.247 e. The van der Waals surface area contributed by atoms with E-state index in [9.17, 15) is 4.79 Å². The SMILES string of the molecule is C[C@@H]1CCCN(C(=O)[C@H](C)n2cc(COc3ccccc3)nn2)C1. The molecule has 0 saturated carbocycles. The number of carbonyl (C=O) groups is 1. The number of likely N-dealkylation sites (tertiary alicyclic amines) is 1. The third kappa shape index (κ3) is 3.93. The molecule has 0 spiro atoms. The van der Waals surface area contributed by atoms with Gasteiger partial charge in [-0.25, -0.2) is 4.68 Å². The summed E-state index contributed by atoms with van der Waals surface area (Å²) in [5.41, 5.74) is 0.713. The molecule has 6 heteroatoms. The van der Waals surface area contributed by atoms with Gasteiger partial charge in [-0.2, -0.15) is 0 Å². The first-order valence-corrected chi connectivity index (χ1v) is 8.51. The number of amides is 1. The topological polar surface area (TPSA) is 60.2 Å². The van der Waals surface area contributed by atoms with Crippen LogP contribution in [0.3, 0.4) is 0 Å². The van der Waals surface area contributed by atoms with Crippen LogP contribution in [-0.2, 0) is 11.4 Å². The third-order valence-electron chi connectivity index (χ3n) is 4.41. The monoisotopic (exact) mass is 328 g/mol. The molecule has 1 aromatic carbocycles. The van der Waals surface area contributed by atoms with Crippen molar-refractivity contribution in [1.29, 1.82) is 0 Å². The first kappa shape index (κ1) is 16.5. The summed E-state index contributed by atoms with van der Waals surface area (Å²) >= 11 is 0. The van der Waals surface area contributed by atoms with Crippen molar-refractivity contribution in [3.05, 3.63) is 42.2 Å². The van der Waals surface area contributed by atoms with E-state index < -0.39 is 0 Å². The Balaban J connectivity index is 1.58. The molecule has 0 aliphatic carbocycles. The highest BCUT2D eigenvalue weighted by molar-refractivity contribution is 5.80. The average Bonchev–Trinajstić information content (AvgIpc) is 3.08. The lowest BCUT2D eigenvalue weighted by molar-refractivity contribution is -0.136. The summed E-state index contributed by atoms with van der Waals surface area (Å²) in [7, 11) is 0. The maximum absolute atomic E-state index is 12.6. The minimum absolute atomic E-state index is 0.113. The molecule has 2 heterocycles. The van der Waals surface area contributed by atoms with Crippen LogP contribution in [0.1, 0.15) is 38.4 Å². The van der Waals surface area contributed by atoms with Gasteiger partial charge in [-0.05, 0) is 37.8 Å². The van der Waals surface area contributed by atoms with E-state index >= 15 is 0 Å². The average molecular weight is 328 g/mol. The van der Waals surface area contributed by atoms with E-state index in [1.807, 2.05) is 42.2 Å². The molecule has 6 nitrogen and oxygen atoms in total. The number of aromatic nitrogens is 3. The Morgan fingerprint density at radius 2 is 2.17 bits per heavy atom. The fourth-order valence-corrected chi connectivity index (χ4v) is 3.01. The number of para-hydroxylation sites is 1. The molecule has 0 bridgehead atoms. The van der Waals surface area contributed by atoms with Crippen LogP contribution >= 0.6 is 0 Å². The van der Waals surface area contributed by atoms with Crippen LogP contribution in [0.2, 0.25) is 0 Å². The Morgan fingerprint density at radius 3 is 2.92 bits per heavy atom. The van der Waals surface area contributed by atoms with E-state index in [1.54, 1.807) is 10.9 Å². The quantitative estimate of drug-likeness (QED) is 0.846. The second kappa shape index (κ2) is 7.47. The van der Waals surface area contributed by atoms with Crippen LogP contribution in [0.5, 0.6) is 5.75 Å². The summed E-state index contributed by atoms with van der Waals surface area (Å²) in [5, 5.41) is 8.21. The zero-order valence-electron chi connectivity index (χ0n) is 14.3. The molecule has 128 valence electrons. The summed E-state index contributed by atoms with van der Waals surface area (Å²) < 4.78 is 7.30. The molecule has 24 heavy (non-hydrogen) atoms. The van der Waals surface area contributed by atoms with Crippen LogP contribution < -0.4 is 4.74 Å². The summed E-state index contributed by atoms with van der Waals surface area (Å²) in [6.07, 6.45) is 4.06. The van der Waals surface area contributed by atoms with Crippen molar-refractivity contribution < 1.29 is 9.53 Å². The zero-order chi connectivity index (χ0) is 16.9. The van der Waals surface area contributed by atoms with E-state index in [0.717, 1.165) is 25.3 Å². The van der Waals surface area contributed by atoms with Crippen LogP contribution in [0.4, 0.5) is 0 Å². The number of nitrogens with zero attached hydrogens (tertiary/aromatic N) is 4. The minimum atomic E-state index is -0.340. The van der Waals surface area contributed by atoms with Gasteiger partial charge in [0.15, 0.2) is 0 Å². The molecule has 1 aliphatic rings. The van der Waals surface area contributed by atoms with Gasteiger partial charge in [0.1, 0.15) is 24.1 Å². The molecule has 1 fully saturated rings. The largest absolute Gasteiger partial charge is 0.487 e. The molecule has 3 rings (SSSR count). The van der Waals surface area contributed by atoms with Gasteiger partial charge in [0.2, 0.25) is 5.91 Å². The Morgan fingerprint density at radius 1 is 1.38 bits per heavy atom. The molecule has 0 N–H and O–H groups in total. The fourth-order valence-electron chi connectivity index (χ4n) is 3.01. The van der Waals surface area contributed by atoms with Gasteiger partial charge in [-0.1, -0.05) is 30.3 Å². The third-order valence-corrected chi connectivity index (χ3v) is 4.41. The van der Waals surface area contributed by atoms with E-state index in [4.69, 9.17) is 4.74 Å². The van der Waals surface area contributed by atoms with Crippen LogP contribution in [0, 0.1) is 5.92 Å². The number of benzene rings is 1. The molecule has 1 saturated heterocycles. The maximum Gasteiger partial charge on any atom is 0.247 e. The molecular weight excluding hydrogens is 304 g/mol. The van der Waals surface area contributed by atoms with E-state index in [1.165, 1.54) is 6.42 Å². The Labute approximate surface area is 142 Å². The predicted octanol–water partition coefficient (Wildman–Crippen LogP) is 2.68. The van der Waals surface area contributed by atoms with Gasteiger partial charge in [-0.15, -0.1) is 5.10 Å². The number of carbonyl (C=O) groups excluding carboxylic acids is 1. The first-order valence-electron chi connectivity index (χ1n) is 8.51. The van der Waals surface area contributed by atoms with Gasteiger partial charge in [-0.3, -0.25) is 4.79 Å². The van der Waals surface area contributed by atoms with Crippen molar-refractivity contribution in [3.63, 3.8) is 0 Å². The van der Waals surface area contributed by atoms with Gasteiger partial charge < -0.3 is 9.64 Å². The molecule has 2 atom stereocenters. The molecule has 0 radical (unpaired) electrons. The number of hydrogen-bond donors (Lipinski definition) is 0. The van der Waals surface area contributed by atoms with E-state index in [-0.39, 0.29) is 11.9 Å². The zero-order valence-corrected chi connectivity index (χ0v) is 14.3. The van der Waals surface area contributed by atoms with Crippen molar-refractivity contribution in [2.24, 2.45) is 5.92 Å². The molecule has 2 aromatic rings. The van der Waals surface area contributed by atoms with Gasteiger partial charge >= 0.3 is 0 Å². The number of hydrogen-bond acceptors (Lipinski definition) is 4. The highest BCUT2D eigenvalue weighted by Crippen LogP contribution is 2.19. The van der Waals surface area contributed by atoms with Crippen molar-refractivity contribution in [3.8, 4) is 5.75 Å². The van der Waals surface area contributed by atoms with Crippen molar-refractivity contribution in [2.75, 3.05) is 13.1 Å². The van der Waals surface area contributed by atoms with Crippen molar-refractivity contribution in [1.82, 2.24) is 19.9 Å². The lowest BCUT2D eigenvalue weighted by Gasteiger charge is -2.32. The Kier molecular flexibility index (Phi) is 5.13. The fraction of sp³-hybridized carbons (Fsp3) is 0.500. The molecule has 1 aliphatic heterocycles. The number of rotatable bonds is 5. The van der Waals surface area contributed by atoms with E-state index in [0.29, 0.717) is 18.2 Å². The summed E-state index contributed by atoms with van der Waals surface area (Å²) in [6.45, 7) is 6.08. The van der Waals surface area contributed by atoms with Crippen LogP contribution in [-0.4, -0.2) is 38.9 Å². The van der Waals surface area contributed by atoms with Crippen LogP contribution in [0.15, 0.2) is 36.5 Å². The second-order valence-corrected chi connectivity index (χ2v) is 6.50. The highest BCUT2D eigenvalue weighted by atomic mass is 16.5. The molecule has 1 aromatic heterocycles. The van der Waals surface area contributed by atoms with Gasteiger partial charge in [0, 0.05) is 13.1 Å². The summed E-state index contributed by atoms with van der Waals surface area (Å²) in [4.78, 5) is 14.6. The van der Waals surface area contributed by atoms with E-state index in [2.05, 4.69) is 17.2 Å². The van der Waals surface area contributed by atoms with Gasteiger partial charge in [0.25, 0.3) is 0 Å². The lowest BCUT2D eigenvalue weighted by Crippen LogP contribution is -2.42. The first-order chi connectivity index (χ1) is 11.6. The summed E-state index contributed by atoms with van der Waals surface area (Å²) in [5.74, 6) is 1.47. The highest BCUT2D eigenvalue weighted by Gasteiger charge is 2.26. The number of piperidine rings is 1. The lowest BCUT2D eigenvalue weighted by atomic mass is 10.00. The maximum atomic E-state index is 12.6. The molecule has 0 unspecified atom stereocenters. The Bertz CT molecular complexity index is 671.